The summed E-state index contributed by atoms with van der Waals surface area (Å²) in [6.45, 7) is 1.58. The Morgan fingerprint density at radius 3 is 2.45 bits per heavy atom. The molecule has 1 heterocycles. The van der Waals surface area contributed by atoms with E-state index < -0.39 is 0 Å². The number of aliphatic imine (C=N–C) groups is 1. The molecule has 0 atom stereocenters. The summed E-state index contributed by atoms with van der Waals surface area (Å²) >= 11 is 5.85. The second-order valence-electron chi connectivity index (χ2n) is 6.70. The minimum absolute atomic E-state index is 0. The average Bonchev–Trinajstić information content (AvgIpc) is 3.23. The van der Waals surface area contributed by atoms with E-state index in [0.717, 1.165) is 17.1 Å². The molecule has 0 spiro atoms. The molecule has 0 saturated carbocycles. The Kier molecular flexibility index (Phi) is 9.80. The number of aromatic amines is 1. The van der Waals surface area contributed by atoms with Gasteiger partial charge >= 0.3 is 0 Å². The number of aromatic nitrogens is 2. The zero-order valence-corrected chi connectivity index (χ0v) is 20.5. The number of carbonyl (C=O) groups is 1. The van der Waals surface area contributed by atoms with Gasteiger partial charge < -0.3 is 20.5 Å². The molecular weight excluding hydrogens is 527 g/mol. The molecule has 0 aliphatic rings. The number of rotatable bonds is 7. The summed E-state index contributed by atoms with van der Waals surface area (Å²) < 4.78 is 0. The number of carbonyl (C=O) groups excluding carboxylic acids is 1. The maximum Gasteiger partial charge on any atom is 0.251 e. The number of H-pyrrole nitrogens is 1. The van der Waals surface area contributed by atoms with Crippen LogP contribution in [0.2, 0.25) is 5.02 Å². The van der Waals surface area contributed by atoms with Crippen LogP contribution in [0, 0.1) is 0 Å². The van der Waals surface area contributed by atoms with Crippen molar-refractivity contribution in [2.45, 2.75) is 6.54 Å². The second-order valence-corrected chi connectivity index (χ2v) is 7.14. The molecule has 1 amide bonds. The quantitative estimate of drug-likeness (QED) is 0.180. The largest absolute Gasteiger partial charge is 0.354 e. The zero-order chi connectivity index (χ0) is 21.3. The number of nitrogens with one attached hydrogen (secondary N) is 3. The predicted molar refractivity (Wildman–Crippen MR) is 136 cm³/mol. The summed E-state index contributed by atoms with van der Waals surface area (Å²) in [5.74, 6) is 1.42. The van der Waals surface area contributed by atoms with Gasteiger partial charge in [0, 0.05) is 37.8 Å². The molecule has 3 rings (SSSR count). The fourth-order valence-corrected chi connectivity index (χ4v) is 3.07. The Balaban J connectivity index is 0.00000341. The van der Waals surface area contributed by atoms with E-state index >= 15 is 0 Å². The molecule has 0 fully saturated rings. The molecule has 2 aromatic carbocycles. The molecule has 0 aliphatic carbocycles. The monoisotopic (exact) mass is 552 g/mol. The molecule has 0 saturated heterocycles. The lowest BCUT2D eigenvalue weighted by atomic mass is 10.2. The first-order chi connectivity index (χ1) is 14.6. The first-order valence-electron chi connectivity index (χ1n) is 9.61. The van der Waals surface area contributed by atoms with Crippen LogP contribution < -0.4 is 10.6 Å². The van der Waals surface area contributed by atoms with Crippen LogP contribution in [0.3, 0.4) is 0 Å². The Morgan fingerprint density at radius 2 is 1.77 bits per heavy atom. The van der Waals surface area contributed by atoms with E-state index in [9.17, 15) is 4.79 Å². The Bertz CT molecular complexity index is 991. The zero-order valence-electron chi connectivity index (χ0n) is 17.4. The maximum absolute atomic E-state index is 12.1. The second kappa shape index (κ2) is 12.3. The van der Waals surface area contributed by atoms with Crippen LogP contribution in [0.4, 0.5) is 0 Å². The van der Waals surface area contributed by atoms with E-state index in [4.69, 9.17) is 11.6 Å². The first-order valence-corrected chi connectivity index (χ1v) is 9.99. The smallest absolute Gasteiger partial charge is 0.251 e. The van der Waals surface area contributed by atoms with Crippen molar-refractivity contribution in [1.29, 1.82) is 0 Å². The highest BCUT2D eigenvalue weighted by atomic mass is 127. The third-order valence-electron chi connectivity index (χ3n) is 4.47. The van der Waals surface area contributed by atoms with Gasteiger partial charge in [0.25, 0.3) is 5.91 Å². The summed E-state index contributed by atoms with van der Waals surface area (Å²) in [6, 6.07) is 16.9. The van der Waals surface area contributed by atoms with Crippen molar-refractivity contribution in [3.63, 3.8) is 0 Å². The lowest BCUT2D eigenvalue weighted by Crippen LogP contribution is -2.42. The molecule has 3 aromatic rings. The van der Waals surface area contributed by atoms with Crippen molar-refractivity contribution in [2.75, 3.05) is 27.2 Å². The van der Waals surface area contributed by atoms with Crippen molar-refractivity contribution < 1.29 is 4.79 Å². The van der Waals surface area contributed by atoms with E-state index in [0.29, 0.717) is 36.2 Å². The van der Waals surface area contributed by atoms with Crippen molar-refractivity contribution in [3.05, 3.63) is 77.2 Å². The van der Waals surface area contributed by atoms with Gasteiger partial charge in [0.2, 0.25) is 0 Å². The summed E-state index contributed by atoms with van der Waals surface area (Å²) in [7, 11) is 3.66. The van der Waals surface area contributed by atoms with Gasteiger partial charge in [0.05, 0.1) is 18.4 Å². The standard InChI is InChI=1S/C22H25ClN6O.HI/c1-24-22(26-13-12-25-21(30)17-8-10-18(23)11-9-17)29(2)15-20-27-14-19(28-20)16-6-4-3-5-7-16;/h3-11,14H,12-13,15H2,1-2H3,(H,24,26)(H,25,30)(H,27,28);1H. The van der Waals surface area contributed by atoms with Crippen LogP contribution in [-0.4, -0.2) is 53.9 Å². The van der Waals surface area contributed by atoms with E-state index in [2.05, 4.69) is 25.6 Å². The highest BCUT2D eigenvalue weighted by molar-refractivity contribution is 14.0. The van der Waals surface area contributed by atoms with Gasteiger partial charge in [0.1, 0.15) is 5.82 Å². The lowest BCUT2D eigenvalue weighted by Gasteiger charge is -2.21. The van der Waals surface area contributed by atoms with Crippen molar-refractivity contribution in [1.82, 2.24) is 25.5 Å². The van der Waals surface area contributed by atoms with Crippen molar-refractivity contribution in [3.8, 4) is 11.3 Å². The number of hydrogen-bond donors (Lipinski definition) is 3. The number of nitrogens with zero attached hydrogens (tertiary/aromatic N) is 3. The van der Waals surface area contributed by atoms with Gasteiger partial charge in [-0.1, -0.05) is 41.9 Å². The number of guanidine groups is 1. The molecule has 164 valence electrons. The summed E-state index contributed by atoms with van der Waals surface area (Å²) in [5.41, 5.74) is 2.65. The van der Waals surface area contributed by atoms with Gasteiger partial charge in [0.15, 0.2) is 5.96 Å². The van der Waals surface area contributed by atoms with E-state index in [1.807, 2.05) is 48.5 Å². The van der Waals surface area contributed by atoms with E-state index in [1.54, 1.807) is 31.3 Å². The predicted octanol–water partition coefficient (Wildman–Crippen LogP) is 3.79. The van der Waals surface area contributed by atoms with E-state index in [-0.39, 0.29) is 29.9 Å². The Morgan fingerprint density at radius 1 is 1.10 bits per heavy atom. The van der Waals surface area contributed by atoms with Crippen LogP contribution in [0.5, 0.6) is 0 Å². The fraction of sp³-hybridized carbons (Fsp3) is 0.227. The van der Waals surface area contributed by atoms with Crippen molar-refractivity contribution in [2.24, 2.45) is 4.99 Å². The molecule has 3 N–H and O–H groups in total. The van der Waals surface area contributed by atoms with Gasteiger partial charge in [-0.2, -0.15) is 0 Å². The highest BCUT2D eigenvalue weighted by Gasteiger charge is 2.10. The summed E-state index contributed by atoms with van der Waals surface area (Å²) in [4.78, 5) is 26.2. The Hall–Kier alpha value is -2.59. The first kappa shape index (κ1) is 24.7. The molecule has 0 aliphatic heterocycles. The minimum atomic E-state index is -0.138. The topological polar surface area (TPSA) is 85.4 Å². The molecule has 31 heavy (non-hydrogen) atoms. The van der Waals surface area contributed by atoms with Crippen LogP contribution in [0.1, 0.15) is 16.2 Å². The third-order valence-corrected chi connectivity index (χ3v) is 4.73. The molecule has 0 unspecified atom stereocenters. The molecule has 9 heteroatoms. The SMILES string of the molecule is CN=C(NCCNC(=O)c1ccc(Cl)cc1)N(C)Cc1ncc(-c2ccccc2)[nH]1.I. The van der Waals surface area contributed by atoms with Gasteiger partial charge in [-0.05, 0) is 29.8 Å². The fourth-order valence-electron chi connectivity index (χ4n) is 2.95. The van der Waals surface area contributed by atoms with Gasteiger partial charge in [-0.15, -0.1) is 24.0 Å². The number of hydrogen-bond acceptors (Lipinski definition) is 3. The van der Waals surface area contributed by atoms with Crippen LogP contribution in [-0.2, 0) is 6.54 Å². The van der Waals surface area contributed by atoms with Crippen molar-refractivity contribution >= 4 is 47.4 Å². The summed E-state index contributed by atoms with van der Waals surface area (Å²) in [5, 5.41) is 6.72. The normalized spacial score (nSPS) is 10.9. The highest BCUT2D eigenvalue weighted by Crippen LogP contribution is 2.16. The molecule has 0 radical (unpaired) electrons. The van der Waals surface area contributed by atoms with Crippen LogP contribution in [0.15, 0.2) is 65.8 Å². The van der Waals surface area contributed by atoms with Crippen LogP contribution in [0.25, 0.3) is 11.3 Å². The van der Waals surface area contributed by atoms with Crippen LogP contribution >= 0.6 is 35.6 Å². The van der Waals surface area contributed by atoms with Gasteiger partial charge in [-0.3, -0.25) is 9.79 Å². The minimum Gasteiger partial charge on any atom is -0.354 e. The molecule has 0 bridgehead atoms. The maximum atomic E-state index is 12.1. The van der Waals surface area contributed by atoms with Gasteiger partial charge in [-0.25, -0.2) is 4.98 Å². The number of benzene rings is 2. The summed E-state index contributed by atoms with van der Waals surface area (Å²) in [6.07, 6.45) is 1.83. The molecular formula is C22H26ClIN6O. The molecule has 7 nitrogen and oxygen atoms in total. The van der Waals surface area contributed by atoms with E-state index in [1.165, 1.54) is 0 Å². The number of imidazole rings is 1. The lowest BCUT2D eigenvalue weighted by molar-refractivity contribution is 0.0954. The Labute approximate surface area is 204 Å². The number of amides is 1. The molecule has 1 aromatic heterocycles. The average molecular weight is 553 g/mol. The number of halogens is 2. The third kappa shape index (κ3) is 7.25.